The maximum absolute atomic E-state index is 12.2. The predicted molar refractivity (Wildman–Crippen MR) is 87.1 cm³/mol. The molecule has 0 aromatic carbocycles. The Hall–Kier alpha value is -0.210. The van der Waals surface area contributed by atoms with E-state index in [1.54, 1.807) is 11.3 Å². The maximum Gasteiger partial charge on any atom is 0.252 e. The van der Waals surface area contributed by atoms with Crippen LogP contribution in [0.4, 0.5) is 0 Å². The molecule has 0 atom stereocenters. The highest BCUT2D eigenvalue weighted by Crippen LogP contribution is 2.29. The van der Waals surface area contributed by atoms with Crippen LogP contribution in [0.1, 0.15) is 42.5 Å². The standard InChI is InChI=1S/C12H15IN2OS2/c13-9-6-8(7-18-9)10(16)15-12(11(14)17)4-2-1-3-5-12/h6-7H,1-5H2,(H2,14,17)(H,15,16). The number of carbonyl (C=O) groups excluding carboxylic acids is 1. The average Bonchev–Trinajstić information content (AvgIpc) is 2.77. The third-order valence-electron chi connectivity index (χ3n) is 3.36. The fourth-order valence-corrected chi connectivity index (χ4v) is 3.89. The molecule has 1 amide bonds. The summed E-state index contributed by atoms with van der Waals surface area (Å²) in [5.41, 5.74) is 6.08. The van der Waals surface area contributed by atoms with Gasteiger partial charge in [-0.15, -0.1) is 11.3 Å². The molecule has 1 fully saturated rings. The Morgan fingerprint density at radius 1 is 1.44 bits per heavy atom. The second-order valence-electron chi connectivity index (χ2n) is 4.60. The molecule has 0 bridgehead atoms. The van der Waals surface area contributed by atoms with Crippen LogP contribution in [0.3, 0.4) is 0 Å². The third-order valence-corrected chi connectivity index (χ3v) is 5.54. The zero-order valence-electron chi connectivity index (χ0n) is 9.87. The Labute approximate surface area is 130 Å². The second-order valence-corrected chi connectivity index (χ2v) is 7.85. The molecule has 1 aliphatic carbocycles. The van der Waals surface area contributed by atoms with Crippen molar-refractivity contribution in [3.63, 3.8) is 0 Å². The van der Waals surface area contributed by atoms with Crippen molar-refractivity contribution in [1.29, 1.82) is 0 Å². The molecular formula is C12H15IN2OS2. The van der Waals surface area contributed by atoms with Gasteiger partial charge in [0.15, 0.2) is 0 Å². The zero-order chi connectivity index (χ0) is 13.2. The lowest BCUT2D eigenvalue weighted by atomic mass is 9.81. The molecule has 3 N–H and O–H groups in total. The fraction of sp³-hybridized carbons (Fsp3) is 0.500. The van der Waals surface area contributed by atoms with Crippen molar-refractivity contribution in [2.75, 3.05) is 0 Å². The molecule has 1 heterocycles. The van der Waals surface area contributed by atoms with Gasteiger partial charge < -0.3 is 11.1 Å². The molecule has 3 nitrogen and oxygen atoms in total. The number of halogens is 1. The molecule has 1 saturated carbocycles. The van der Waals surface area contributed by atoms with Gasteiger partial charge in [0.05, 0.1) is 19.0 Å². The minimum Gasteiger partial charge on any atom is -0.391 e. The minimum absolute atomic E-state index is 0.0659. The van der Waals surface area contributed by atoms with Crippen LogP contribution in [0.15, 0.2) is 11.4 Å². The third kappa shape index (κ3) is 3.03. The Kier molecular flexibility index (Phi) is 4.60. The normalized spacial score (nSPS) is 18.3. The zero-order valence-corrected chi connectivity index (χ0v) is 13.7. The van der Waals surface area contributed by atoms with Crippen molar-refractivity contribution in [2.24, 2.45) is 5.73 Å². The number of carbonyl (C=O) groups is 1. The van der Waals surface area contributed by atoms with Gasteiger partial charge in [-0.3, -0.25) is 4.79 Å². The Morgan fingerprint density at radius 2 is 2.11 bits per heavy atom. The van der Waals surface area contributed by atoms with E-state index in [2.05, 4.69) is 27.9 Å². The van der Waals surface area contributed by atoms with E-state index in [9.17, 15) is 4.79 Å². The van der Waals surface area contributed by atoms with Gasteiger partial charge in [0.25, 0.3) is 5.91 Å². The summed E-state index contributed by atoms with van der Waals surface area (Å²) in [6.07, 6.45) is 5.04. The Balaban J connectivity index is 2.14. The van der Waals surface area contributed by atoms with E-state index in [4.69, 9.17) is 18.0 Å². The molecular weight excluding hydrogens is 379 g/mol. The van der Waals surface area contributed by atoms with Crippen molar-refractivity contribution in [2.45, 2.75) is 37.6 Å². The SMILES string of the molecule is NC(=S)C1(NC(=O)c2csc(I)c2)CCCCC1. The Bertz CT molecular complexity index is 466. The fourth-order valence-electron chi connectivity index (χ4n) is 2.31. The molecule has 0 radical (unpaired) electrons. The van der Waals surface area contributed by atoms with E-state index in [-0.39, 0.29) is 5.91 Å². The number of nitrogens with two attached hydrogens (primary N) is 1. The highest BCUT2D eigenvalue weighted by atomic mass is 127. The molecule has 2 rings (SSSR count). The van der Waals surface area contributed by atoms with Crippen molar-refractivity contribution in [1.82, 2.24) is 5.32 Å². The Morgan fingerprint density at radius 3 is 2.61 bits per heavy atom. The van der Waals surface area contributed by atoms with Crippen LogP contribution in [0.5, 0.6) is 0 Å². The number of rotatable bonds is 3. The van der Waals surface area contributed by atoms with Crippen LogP contribution in [0.2, 0.25) is 0 Å². The van der Waals surface area contributed by atoms with Crippen molar-refractivity contribution in [3.05, 3.63) is 19.9 Å². The van der Waals surface area contributed by atoms with E-state index in [1.807, 2.05) is 11.4 Å². The van der Waals surface area contributed by atoms with E-state index in [0.717, 1.165) is 28.6 Å². The first kappa shape index (κ1) is 14.2. The van der Waals surface area contributed by atoms with Crippen LogP contribution in [0, 0.1) is 2.88 Å². The first-order chi connectivity index (χ1) is 8.53. The van der Waals surface area contributed by atoms with Crippen LogP contribution >= 0.6 is 46.1 Å². The lowest BCUT2D eigenvalue weighted by Gasteiger charge is -2.37. The molecule has 18 heavy (non-hydrogen) atoms. The summed E-state index contributed by atoms with van der Waals surface area (Å²) < 4.78 is 1.10. The van der Waals surface area contributed by atoms with Gasteiger partial charge in [0, 0.05) is 5.38 Å². The van der Waals surface area contributed by atoms with Gasteiger partial charge >= 0.3 is 0 Å². The molecule has 1 aliphatic rings. The number of hydrogen-bond acceptors (Lipinski definition) is 3. The average molecular weight is 394 g/mol. The molecule has 1 aromatic heterocycles. The molecule has 0 spiro atoms. The van der Waals surface area contributed by atoms with Gasteiger partial charge in [-0.1, -0.05) is 31.5 Å². The van der Waals surface area contributed by atoms with Crippen LogP contribution < -0.4 is 11.1 Å². The van der Waals surface area contributed by atoms with Crippen LogP contribution in [-0.4, -0.2) is 16.4 Å². The summed E-state index contributed by atoms with van der Waals surface area (Å²) in [5, 5.41) is 4.93. The minimum atomic E-state index is -0.474. The summed E-state index contributed by atoms with van der Waals surface area (Å²) >= 11 is 8.94. The lowest BCUT2D eigenvalue weighted by Crippen LogP contribution is -2.57. The van der Waals surface area contributed by atoms with Gasteiger partial charge in [-0.2, -0.15) is 0 Å². The lowest BCUT2D eigenvalue weighted by molar-refractivity contribution is 0.0909. The highest BCUT2D eigenvalue weighted by Gasteiger charge is 2.36. The van der Waals surface area contributed by atoms with Crippen LogP contribution in [0.25, 0.3) is 0 Å². The summed E-state index contributed by atoms with van der Waals surface area (Å²) in [4.78, 5) is 12.6. The summed E-state index contributed by atoms with van der Waals surface area (Å²) in [7, 11) is 0. The monoisotopic (exact) mass is 394 g/mol. The summed E-state index contributed by atoms with van der Waals surface area (Å²) in [6, 6.07) is 1.89. The summed E-state index contributed by atoms with van der Waals surface area (Å²) in [6.45, 7) is 0. The van der Waals surface area contributed by atoms with E-state index in [1.165, 1.54) is 6.42 Å². The number of nitrogens with one attached hydrogen (secondary N) is 1. The van der Waals surface area contributed by atoms with Gasteiger partial charge in [-0.05, 0) is 41.5 Å². The van der Waals surface area contributed by atoms with E-state index < -0.39 is 5.54 Å². The van der Waals surface area contributed by atoms with Gasteiger partial charge in [0.2, 0.25) is 0 Å². The van der Waals surface area contributed by atoms with Crippen molar-refractivity contribution < 1.29 is 4.79 Å². The second kappa shape index (κ2) is 5.83. The molecule has 6 heteroatoms. The van der Waals surface area contributed by atoms with Crippen molar-refractivity contribution >= 4 is 57.0 Å². The maximum atomic E-state index is 12.2. The first-order valence-electron chi connectivity index (χ1n) is 5.90. The molecule has 1 aromatic rings. The molecule has 0 aliphatic heterocycles. The smallest absolute Gasteiger partial charge is 0.252 e. The van der Waals surface area contributed by atoms with E-state index >= 15 is 0 Å². The summed E-state index contributed by atoms with van der Waals surface area (Å²) in [5.74, 6) is -0.0659. The van der Waals surface area contributed by atoms with Gasteiger partial charge in [0.1, 0.15) is 0 Å². The number of thiocarbonyl (C=S) groups is 1. The first-order valence-corrected chi connectivity index (χ1v) is 8.27. The van der Waals surface area contributed by atoms with E-state index in [0.29, 0.717) is 10.6 Å². The highest BCUT2D eigenvalue weighted by molar-refractivity contribution is 14.1. The molecule has 0 saturated heterocycles. The van der Waals surface area contributed by atoms with Gasteiger partial charge in [-0.25, -0.2) is 0 Å². The molecule has 0 unspecified atom stereocenters. The van der Waals surface area contributed by atoms with Crippen LogP contribution in [-0.2, 0) is 0 Å². The topological polar surface area (TPSA) is 55.1 Å². The molecule has 98 valence electrons. The van der Waals surface area contributed by atoms with Crippen molar-refractivity contribution in [3.8, 4) is 0 Å². The predicted octanol–water partition coefficient (Wildman–Crippen LogP) is 3.07. The largest absolute Gasteiger partial charge is 0.391 e. The number of hydrogen-bond donors (Lipinski definition) is 2. The quantitative estimate of drug-likeness (QED) is 0.612. The number of amides is 1. The number of thiophene rings is 1.